The number of nitrogens with zero attached hydrogens (tertiary/aromatic N) is 2. The van der Waals surface area contributed by atoms with E-state index >= 15 is 0 Å². The summed E-state index contributed by atoms with van der Waals surface area (Å²) in [5.41, 5.74) is 1.19. The molecule has 1 aromatic rings. The van der Waals surface area contributed by atoms with E-state index < -0.39 is 0 Å². The number of aromatic nitrogens is 2. The average Bonchev–Trinajstić information content (AvgIpc) is 3.16. The molecule has 0 bridgehead atoms. The summed E-state index contributed by atoms with van der Waals surface area (Å²) < 4.78 is 0. The van der Waals surface area contributed by atoms with Crippen LogP contribution in [0.25, 0.3) is 0 Å². The number of rotatable bonds is 6. The molecule has 1 aromatic heterocycles. The Labute approximate surface area is 108 Å². The molecule has 0 spiro atoms. The molecule has 0 unspecified atom stereocenters. The summed E-state index contributed by atoms with van der Waals surface area (Å²) in [4.78, 5) is 8.58. The van der Waals surface area contributed by atoms with Crippen LogP contribution in [0.15, 0.2) is 6.33 Å². The lowest BCUT2D eigenvalue weighted by molar-refractivity contribution is 0.219. The molecule has 2 rings (SSSR count). The van der Waals surface area contributed by atoms with Gasteiger partial charge in [-0.05, 0) is 18.8 Å². The van der Waals surface area contributed by atoms with Crippen LogP contribution >= 0.6 is 0 Å². The second-order valence-corrected chi connectivity index (χ2v) is 5.40. The highest BCUT2D eigenvalue weighted by atomic mass is 16.3. The van der Waals surface area contributed by atoms with Crippen molar-refractivity contribution in [3.8, 4) is 0 Å². The number of anilines is 2. The van der Waals surface area contributed by atoms with Crippen molar-refractivity contribution in [3.05, 3.63) is 11.9 Å². The molecule has 0 radical (unpaired) electrons. The molecule has 0 amide bonds. The van der Waals surface area contributed by atoms with E-state index in [1.54, 1.807) is 6.33 Å². The Hall–Kier alpha value is -1.36. The summed E-state index contributed by atoms with van der Waals surface area (Å²) in [7, 11) is 1.87. The third-order valence-corrected chi connectivity index (χ3v) is 3.62. The fourth-order valence-corrected chi connectivity index (χ4v) is 2.12. The molecule has 3 N–H and O–H groups in total. The van der Waals surface area contributed by atoms with Crippen molar-refractivity contribution < 1.29 is 5.11 Å². The number of aliphatic hydroxyl groups is 1. The average molecular weight is 250 g/mol. The Bertz CT molecular complexity index is 415. The van der Waals surface area contributed by atoms with Crippen LogP contribution in [0.4, 0.5) is 11.6 Å². The lowest BCUT2D eigenvalue weighted by Gasteiger charge is -2.19. The van der Waals surface area contributed by atoms with Crippen LogP contribution in [0.1, 0.15) is 38.2 Å². The van der Waals surface area contributed by atoms with Crippen molar-refractivity contribution in [2.24, 2.45) is 5.41 Å². The van der Waals surface area contributed by atoms with Crippen molar-refractivity contribution in [3.63, 3.8) is 0 Å². The summed E-state index contributed by atoms with van der Waals surface area (Å²) >= 11 is 0. The Morgan fingerprint density at radius 2 is 2.00 bits per heavy atom. The molecule has 18 heavy (non-hydrogen) atoms. The molecule has 5 nitrogen and oxygen atoms in total. The first-order valence-electron chi connectivity index (χ1n) is 6.49. The first kappa shape index (κ1) is 13.1. The zero-order valence-electron chi connectivity index (χ0n) is 11.3. The van der Waals surface area contributed by atoms with Gasteiger partial charge >= 0.3 is 0 Å². The molecule has 1 heterocycles. The van der Waals surface area contributed by atoms with Crippen molar-refractivity contribution >= 4 is 11.6 Å². The Balaban J connectivity index is 2.16. The van der Waals surface area contributed by atoms with Gasteiger partial charge in [-0.15, -0.1) is 0 Å². The number of hydrogen-bond acceptors (Lipinski definition) is 5. The van der Waals surface area contributed by atoms with Gasteiger partial charge < -0.3 is 15.7 Å². The summed E-state index contributed by atoms with van der Waals surface area (Å²) in [6.45, 7) is 5.29. The second kappa shape index (κ2) is 5.10. The predicted octanol–water partition coefficient (Wildman–Crippen LogP) is 1.83. The molecule has 0 aromatic carbocycles. The van der Waals surface area contributed by atoms with Crippen LogP contribution in [0.5, 0.6) is 0 Å². The highest BCUT2D eigenvalue weighted by molar-refractivity contribution is 5.58. The molecule has 5 heteroatoms. The molecule has 100 valence electrons. The van der Waals surface area contributed by atoms with Crippen LogP contribution < -0.4 is 10.6 Å². The molecule has 0 aliphatic heterocycles. The standard InChI is InChI=1S/C13H22N4O/c1-9(2)10-11(14-3)16-8-17-12(10)15-6-13(7-18)4-5-13/h8-9,18H,4-7H2,1-3H3,(H2,14,15,16,17). The van der Waals surface area contributed by atoms with Crippen LogP contribution in [0.2, 0.25) is 0 Å². The SMILES string of the molecule is CNc1ncnc(NCC2(CO)CC2)c1C(C)C. The van der Waals surface area contributed by atoms with Crippen LogP contribution in [0, 0.1) is 5.41 Å². The number of nitrogens with one attached hydrogen (secondary N) is 2. The van der Waals surface area contributed by atoms with Gasteiger partial charge in [-0.25, -0.2) is 9.97 Å². The van der Waals surface area contributed by atoms with E-state index in [9.17, 15) is 5.11 Å². The van der Waals surface area contributed by atoms with E-state index in [1.807, 2.05) is 7.05 Å². The Kier molecular flexibility index (Phi) is 3.71. The second-order valence-electron chi connectivity index (χ2n) is 5.40. The van der Waals surface area contributed by atoms with Gasteiger partial charge in [-0.1, -0.05) is 13.8 Å². The molecule has 1 fully saturated rings. The Morgan fingerprint density at radius 3 is 2.50 bits per heavy atom. The van der Waals surface area contributed by atoms with Gasteiger partial charge in [0.05, 0.1) is 6.61 Å². The van der Waals surface area contributed by atoms with Crippen molar-refractivity contribution in [1.29, 1.82) is 0 Å². The van der Waals surface area contributed by atoms with E-state index in [0.29, 0.717) is 5.92 Å². The van der Waals surface area contributed by atoms with Crippen LogP contribution in [-0.4, -0.2) is 35.3 Å². The van der Waals surface area contributed by atoms with Crippen LogP contribution in [0.3, 0.4) is 0 Å². The van der Waals surface area contributed by atoms with Crippen molar-refractivity contribution in [2.45, 2.75) is 32.6 Å². The highest BCUT2D eigenvalue weighted by Gasteiger charge is 2.41. The minimum absolute atomic E-state index is 0.0823. The molecule has 1 aliphatic rings. The van der Waals surface area contributed by atoms with Gasteiger partial charge in [-0.3, -0.25) is 0 Å². The fourth-order valence-electron chi connectivity index (χ4n) is 2.12. The van der Waals surface area contributed by atoms with E-state index in [1.165, 1.54) is 0 Å². The van der Waals surface area contributed by atoms with Crippen molar-refractivity contribution in [2.75, 3.05) is 30.8 Å². The number of aliphatic hydroxyl groups excluding tert-OH is 1. The maximum absolute atomic E-state index is 9.33. The summed E-state index contributed by atoms with van der Waals surface area (Å²) in [5.74, 6) is 2.10. The van der Waals surface area contributed by atoms with E-state index in [-0.39, 0.29) is 12.0 Å². The van der Waals surface area contributed by atoms with E-state index in [2.05, 4.69) is 34.4 Å². The minimum Gasteiger partial charge on any atom is -0.396 e. The number of hydrogen-bond donors (Lipinski definition) is 3. The van der Waals surface area contributed by atoms with Gasteiger partial charge in [-0.2, -0.15) is 0 Å². The summed E-state index contributed by atoms with van der Waals surface area (Å²) in [6.07, 6.45) is 3.76. The summed E-state index contributed by atoms with van der Waals surface area (Å²) in [6, 6.07) is 0. The first-order chi connectivity index (χ1) is 8.62. The predicted molar refractivity (Wildman–Crippen MR) is 72.9 cm³/mol. The fraction of sp³-hybridized carbons (Fsp3) is 0.692. The quantitative estimate of drug-likeness (QED) is 0.718. The Morgan fingerprint density at radius 1 is 1.33 bits per heavy atom. The molecule has 1 saturated carbocycles. The third kappa shape index (κ3) is 2.56. The smallest absolute Gasteiger partial charge is 0.135 e. The monoisotopic (exact) mass is 250 g/mol. The maximum atomic E-state index is 9.33. The molecule has 1 aliphatic carbocycles. The molecular weight excluding hydrogens is 228 g/mol. The van der Waals surface area contributed by atoms with E-state index in [4.69, 9.17) is 0 Å². The molecular formula is C13H22N4O. The maximum Gasteiger partial charge on any atom is 0.135 e. The normalized spacial score (nSPS) is 16.7. The lowest BCUT2D eigenvalue weighted by Crippen LogP contribution is -2.21. The van der Waals surface area contributed by atoms with Crippen LogP contribution in [-0.2, 0) is 0 Å². The minimum atomic E-state index is 0.0823. The van der Waals surface area contributed by atoms with E-state index in [0.717, 1.165) is 36.6 Å². The lowest BCUT2D eigenvalue weighted by atomic mass is 10.0. The third-order valence-electron chi connectivity index (χ3n) is 3.62. The topological polar surface area (TPSA) is 70.1 Å². The highest BCUT2D eigenvalue weighted by Crippen LogP contribution is 2.45. The first-order valence-corrected chi connectivity index (χ1v) is 6.49. The molecule has 0 saturated heterocycles. The van der Waals surface area contributed by atoms with Crippen molar-refractivity contribution in [1.82, 2.24) is 9.97 Å². The molecule has 0 atom stereocenters. The van der Waals surface area contributed by atoms with Gasteiger partial charge in [0.1, 0.15) is 18.0 Å². The summed E-state index contributed by atoms with van der Waals surface area (Å²) in [5, 5.41) is 15.8. The zero-order chi connectivity index (χ0) is 13.2. The van der Waals surface area contributed by atoms with Gasteiger partial charge in [0, 0.05) is 24.6 Å². The largest absolute Gasteiger partial charge is 0.396 e. The van der Waals surface area contributed by atoms with Gasteiger partial charge in [0.2, 0.25) is 0 Å². The zero-order valence-corrected chi connectivity index (χ0v) is 11.3. The van der Waals surface area contributed by atoms with Gasteiger partial charge in [0.25, 0.3) is 0 Å². The van der Waals surface area contributed by atoms with Gasteiger partial charge in [0.15, 0.2) is 0 Å².